The summed E-state index contributed by atoms with van der Waals surface area (Å²) in [6, 6.07) is 15.0. The summed E-state index contributed by atoms with van der Waals surface area (Å²) >= 11 is 0. The summed E-state index contributed by atoms with van der Waals surface area (Å²) < 4.78 is 10.8. The Balaban J connectivity index is 0.00000225. The largest absolute Gasteiger partial charge is 0.493 e. The van der Waals surface area contributed by atoms with Crippen LogP contribution in [0.2, 0.25) is 0 Å². The molecule has 2 aromatic carbocycles. The van der Waals surface area contributed by atoms with E-state index in [1.165, 1.54) is 11.1 Å². The zero-order valence-corrected chi connectivity index (χ0v) is 15.9. The minimum absolute atomic E-state index is 0. The first-order valence-corrected chi connectivity index (χ1v) is 8.41. The quantitative estimate of drug-likeness (QED) is 0.899. The molecule has 0 radical (unpaired) electrons. The molecule has 0 amide bonds. The first-order chi connectivity index (χ1) is 11.6. The van der Waals surface area contributed by atoms with Crippen LogP contribution in [0.25, 0.3) is 0 Å². The van der Waals surface area contributed by atoms with Gasteiger partial charge in [0.05, 0.1) is 14.2 Å². The molecule has 1 heterocycles. The lowest BCUT2D eigenvalue weighted by Gasteiger charge is -2.38. The van der Waals surface area contributed by atoms with Crippen molar-refractivity contribution in [3.63, 3.8) is 0 Å². The van der Waals surface area contributed by atoms with E-state index >= 15 is 0 Å². The van der Waals surface area contributed by atoms with Crippen LogP contribution in [0.15, 0.2) is 42.5 Å². The first-order valence-electron chi connectivity index (χ1n) is 8.41. The Bertz CT molecular complexity index is 708. The Kier molecular flexibility index (Phi) is 6.57. The number of hydrogen-bond donors (Lipinski definition) is 1. The molecule has 25 heavy (non-hydrogen) atoms. The first kappa shape index (κ1) is 19.4. The molecule has 1 fully saturated rings. The molecule has 5 heteroatoms. The molecule has 0 unspecified atom stereocenters. The van der Waals surface area contributed by atoms with E-state index in [1.54, 1.807) is 14.2 Å². The maximum absolute atomic E-state index is 6.43. The monoisotopic (exact) mass is 362 g/mol. The van der Waals surface area contributed by atoms with Gasteiger partial charge in [0, 0.05) is 36.8 Å². The molecule has 0 aliphatic carbocycles. The average molecular weight is 363 g/mol. The number of nitrogens with two attached hydrogens (primary N) is 1. The molecule has 0 aromatic heterocycles. The van der Waals surface area contributed by atoms with Crippen LogP contribution < -0.4 is 20.1 Å². The van der Waals surface area contributed by atoms with Crippen molar-refractivity contribution in [2.45, 2.75) is 25.3 Å². The third-order valence-corrected chi connectivity index (χ3v) is 4.87. The van der Waals surface area contributed by atoms with E-state index in [-0.39, 0.29) is 18.4 Å². The number of aryl methyl sites for hydroxylation is 1. The highest BCUT2D eigenvalue weighted by Crippen LogP contribution is 2.35. The molecular weight excluding hydrogens is 336 g/mol. The summed E-state index contributed by atoms with van der Waals surface area (Å²) in [4.78, 5) is 2.39. The third kappa shape index (κ3) is 4.20. The smallest absolute Gasteiger partial charge is 0.162 e. The van der Waals surface area contributed by atoms with Gasteiger partial charge in [0.1, 0.15) is 0 Å². The van der Waals surface area contributed by atoms with E-state index in [0.29, 0.717) is 5.92 Å². The van der Waals surface area contributed by atoms with Crippen molar-refractivity contribution in [3.8, 4) is 11.5 Å². The Morgan fingerprint density at radius 2 is 1.80 bits per heavy atom. The van der Waals surface area contributed by atoms with Crippen molar-refractivity contribution >= 4 is 18.1 Å². The van der Waals surface area contributed by atoms with Crippen molar-refractivity contribution in [2.24, 2.45) is 5.73 Å². The van der Waals surface area contributed by atoms with Crippen molar-refractivity contribution in [1.82, 2.24) is 0 Å². The number of nitrogens with zero attached hydrogens (tertiary/aromatic N) is 1. The van der Waals surface area contributed by atoms with Crippen LogP contribution in [0.3, 0.4) is 0 Å². The predicted molar refractivity (Wildman–Crippen MR) is 106 cm³/mol. The Morgan fingerprint density at radius 1 is 1.04 bits per heavy atom. The van der Waals surface area contributed by atoms with E-state index < -0.39 is 0 Å². The fraction of sp³-hybridized carbons (Fsp3) is 0.400. The van der Waals surface area contributed by atoms with Crippen LogP contribution in [-0.2, 0) is 0 Å². The zero-order chi connectivity index (χ0) is 17.1. The van der Waals surface area contributed by atoms with Gasteiger partial charge in [-0.3, -0.25) is 0 Å². The van der Waals surface area contributed by atoms with E-state index in [4.69, 9.17) is 15.2 Å². The van der Waals surface area contributed by atoms with Crippen molar-refractivity contribution < 1.29 is 9.47 Å². The van der Waals surface area contributed by atoms with Gasteiger partial charge < -0.3 is 20.1 Å². The van der Waals surface area contributed by atoms with Crippen LogP contribution >= 0.6 is 12.4 Å². The van der Waals surface area contributed by atoms with Gasteiger partial charge in [-0.2, -0.15) is 0 Å². The molecule has 2 atom stereocenters. The predicted octanol–water partition coefficient (Wildman–Crippen LogP) is 3.76. The molecule has 0 spiro atoms. The molecule has 4 nitrogen and oxygen atoms in total. The molecule has 2 aromatic rings. The topological polar surface area (TPSA) is 47.7 Å². The number of piperidine rings is 1. The number of halogens is 1. The summed E-state index contributed by atoms with van der Waals surface area (Å²) in [5.74, 6) is 1.86. The van der Waals surface area contributed by atoms with E-state index in [0.717, 1.165) is 36.7 Å². The van der Waals surface area contributed by atoms with Crippen LogP contribution in [-0.4, -0.2) is 33.4 Å². The lowest BCUT2D eigenvalue weighted by Crippen LogP contribution is -2.45. The number of methoxy groups -OCH3 is 2. The average Bonchev–Trinajstić information content (AvgIpc) is 2.61. The van der Waals surface area contributed by atoms with Crippen molar-refractivity contribution in [2.75, 3.05) is 32.2 Å². The molecule has 0 saturated carbocycles. The standard InChI is InChI=1S/C20H26N2O2.ClH/c1-14-5-4-6-15(11-14)17-13-22(10-9-18(17)21)16-7-8-19(23-2)20(12-16)24-3;/h4-8,11-12,17-18H,9-10,13,21H2,1-3H3;1H/t17-,18-;/m0./s1. The summed E-state index contributed by atoms with van der Waals surface area (Å²) in [7, 11) is 3.33. The Hall–Kier alpha value is -1.91. The number of hydrogen-bond acceptors (Lipinski definition) is 4. The van der Waals surface area contributed by atoms with Crippen LogP contribution in [0.5, 0.6) is 11.5 Å². The summed E-state index contributed by atoms with van der Waals surface area (Å²) in [5.41, 5.74) is 10.2. The van der Waals surface area contributed by atoms with Gasteiger partial charge in [0.2, 0.25) is 0 Å². The Labute approximate surface area is 156 Å². The number of anilines is 1. The zero-order valence-electron chi connectivity index (χ0n) is 15.1. The van der Waals surface area contributed by atoms with Gasteiger partial charge in [0.25, 0.3) is 0 Å². The van der Waals surface area contributed by atoms with Crippen molar-refractivity contribution in [1.29, 1.82) is 0 Å². The van der Waals surface area contributed by atoms with Crippen LogP contribution in [0, 0.1) is 6.92 Å². The highest BCUT2D eigenvalue weighted by Gasteiger charge is 2.28. The molecule has 1 aliphatic heterocycles. The number of rotatable bonds is 4. The SMILES string of the molecule is COc1ccc(N2CC[C@H](N)[C@H](c3cccc(C)c3)C2)cc1OC.Cl. The molecule has 1 aliphatic rings. The fourth-order valence-electron chi connectivity index (χ4n) is 3.48. The maximum Gasteiger partial charge on any atom is 0.162 e. The van der Waals surface area contributed by atoms with E-state index in [2.05, 4.69) is 42.2 Å². The third-order valence-electron chi connectivity index (χ3n) is 4.87. The van der Waals surface area contributed by atoms with Gasteiger partial charge in [-0.15, -0.1) is 12.4 Å². The Morgan fingerprint density at radius 3 is 2.48 bits per heavy atom. The summed E-state index contributed by atoms with van der Waals surface area (Å²) in [5, 5.41) is 0. The van der Waals surface area contributed by atoms with Gasteiger partial charge in [-0.25, -0.2) is 0 Å². The fourth-order valence-corrected chi connectivity index (χ4v) is 3.48. The molecule has 0 bridgehead atoms. The van der Waals surface area contributed by atoms with E-state index in [9.17, 15) is 0 Å². The highest BCUT2D eigenvalue weighted by atomic mass is 35.5. The van der Waals surface area contributed by atoms with Crippen LogP contribution in [0.1, 0.15) is 23.5 Å². The lowest BCUT2D eigenvalue weighted by atomic mass is 9.85. The second-order valence-electron chi connectivity index (χ2n) is 6.46. The van der Waals surface area contributed by atoms with Gasteiger partial charge in [-0.1, -0.05) is 29.8 Å². The maximum atomic E-state index is 6.43. The second kappa shape index (κ2) is 8.45. The van der Waals surface area contributed by atoms with E-state index in [1.807, 2.05) is 12.1 Å². The van der Waals surface area contributed by atoms with Gasteiger partial charge in [-0.05, 0) is 31.0 Å². The van der Waals surface area contributed by atoms with Crippen LogP contribution in [0.4, 0.5) is 5.69 Å². The summed E-state index contributed by atoms with van der Waals surface area (Å²) in [6.45, 7) is 4.00. The van der Waals surface area contributed by atoms with Crippen molar-refractivity contribution in [3.05, 3.63) is 53.6 Å². The molecule has 3 rings (SSSR count). The number of ether oxygens (including phenoxy) is 2. The van der Waals surface area contributed by atoms with Gasteiger partial charge in [0.15, 0.2) is 11.5 Å². The minimum Gasteiger partial charge on any atom is -0.493 e. The normalized spacial score (nSPS) is 19.9. The van der Waals surface area contributed by atoms with Gasteiger partial charge >= 0.3 is 0 Å². The second-order valence-corrected chi connectivity index (χ2v) is 6.46. The molecule has 1 saturated heterocycles. The minimum atomic E-state index is 0. The highest BCUT2D eigenvalue weighted by molar-refractivity contribution is 5.85. The molecule has 136 valence electrons. The molecular formula is C20H27ClN2O2. The number of benzene rings is 2. The molecule has 2 N–H and O–H groups in total. The lowest BCUT2D eigenvalue weighted by molar-refractivity contribution is 0.354. The summed E-state index contributed by atoms with van der Waals surface area (Å²) in [6.07, 6.45) is 0.979.